The maximum absolute atomic E-state index is 12.4. The van der Waals surface area contributed by atoms with Gasteiger partial charge in [0.25, 0.3) is 5.56 Å². The van der Waals surface area contributed by atoms with Crippen molar-refractivity contribution in [3.05, 3.63) is 46.5 Å². The van der Waals surface area contributed by atoms with Crippen LogP contribution in [0.1, 0.15) is 45.0 Å². The first-order chi connectivity index (χ1) is 11.8. The van der Waals surface area contributed by atoms with E-state index >= 15 is 0 Å². The molecule has 0 atom stereocenters. The van der Waals surface area contributed by atoms with E-state index in [0.29, 0.717) is 5.92 Å². The van der Waals surface area contributed by atoms with Gasteiger partial charge in [-0.25, -0.2) is 15.0 Å². The van der Waals surface area contributed by atoms with Crippen LogP contribution in [-0.2, 0) is 12.0 Å². The van der Waals surface area contributed by atoms with Crippen LogP contribution in [0.5, 0.6) is 0 Å². The molecule has 0 spiro atoms. The lowest BCUT2D eigenvalue weighted by molar-refractivity contribution is 0.349. The Morgan fingerprint density at radius 1 is 1.12 bits per heavy atom. The van der Waals surface area contributed by atoms with Crippen molar-refractivity contribution in [1.82, 2.24) is 19.5 Å². The summed E-state index contributed by atoms with van der Waals surface area (Å²) in [7, 11) is 0. The number of anilines is 1. The smallest absolute Gasteiger partial charge is 0.253 e. The van der Waals surface area contributed by atoms with Crippen molar-refractivity contribution < 1.29 is 0 Å². The first kappa shape index (κ1) is 17.6. The minimum Gasteiger partial charge on any atom is -0.356 e. The molecule has 0 saturated carbocycles. The zero-order valence-electron chi connectivity index (χ0n) is 15.6. The Balaban J connectivity index is 1.62. The first-order valence-corrected chi connectivity index (χ1v) is 8.93. The largest absolute Gasteiger partial charge is 0.356 e. The molecule has 2 aromatic rings. The average molecular weight is 341 g/mol. The summed E-state index contributed by atoms with van der Waals surface area (Å²) in [5.41, 5.74) is 1.79. The maximum Gasteiger partial charge on any atom is 0.253 e. The van der Waals surface area contributed by atoms with Gasteiger partial charge in [0.2, 0.25) is 0 Å². The van der Waals surface area contributed by atoms with Gasteiger partial charge in [-0.1, -0.05) is 20.8 Å². The molecule has 0 radical (unpaired) electrons. The number of nitrogens with zero attached hydrogens (tertiary/aromatic N) is 5. The zero-order chi connectivity index (χ0) is 18.0. The molecule has 134 valence electrons. The molecule has 0 bridgehead atoms. The molecule has 0 N–H and O–H groups in total. The van der Waals surface area contributed by atoms with Crippen LogP contribution in [0.15, 0.2) is 29.6 Å². The number of hydrogen-bond acceptors (Lipinski definition) is 5. The maximum atomic E-state index is 12.4. The van der Waals surface area contributed by atoms with Gasteiger partial charge in [0.15, 0.2) is 0 Å². The van der Waals surface area contributed by atoms with Crippen molar-refractivity contribution in [1.29, 1.82) is 0 Å². The van der Waals surface area contributed by atoms with Crippen LogP contribution < -0.4 is 10.5 Å². The molecular weight excluding hydrogens is 314 g/mol. The molecule has 0 amide bonds. The molecule has 3 rings (SSSR count). The Hall–Kier alpha value is -2.24. The Morgan fingerprint density at radius 2 is 1.84 bits per heavy atom. The van der Waals surface area contributed by atoms with Crippen LogP contribution in [0.25, 0.3) is 0 Å². The summed E-state index contributed by atoms with van der Waals surface area (Å²) >= 11 is 0. The van der Waals surface area contributed by atoms with Gasteiger partial charge in [0.1, 0.15) is 12.1 Å². The molecule has 1 aliphatic rings. The van der Waals surface area contributed by atoms with Crippen molar-refractivity contribution in [2.24, 2.45) is 5.92 Å². The van der Waals surface area contributed by atoms with Crippen molar-refractivity contribution in [3.8, 4) is 0 Å². The monoisotopic (exact) mass is 341 g/mol. The highest BCUT2D eigenvalue weighted by molar-refractivity contribution is 5.38. The standard InChI is InChI=1S/C19H27N5O/c1-14-9-17(21-12-20-14)23-7-5-15(6-8-23)11-24-13-22-16(10-18(24)25)19(2,3)4/h9-10,12-13,15H,5-8,11H2,1-4H3. The van der Waals surface area contributed by atoms with Crippen molar-refractivity contribution >= 4 is 5.82 Å². The van der Waals surface area contributed by atoms with Gasteiger partial charge in [0, 0.05) is 42.9 Å². The molecule has 0 unspecified atom stereocenters. The molecule has 1 fully saturated rings. The number of piperidine rings is 1. The third kappa shape index (κ3) is 4.24. The van der Waals surface area contributed by atoms with Crippen LogP contribution in [0, 0.1) is 12.8 Å². The van der Waals surface area contributed by atoms with Crippen LogP contribution >= 0.6 is 0 Å². The Labute approximate surface area is 149 Å². The van der Waals surface area contributed by atoms with E-state index in [-0.39, 0.29) is 11.0 Å². The van der Waals surface area contributed by atoms with Crippen LogP contribution in [0.2, 0.25) is 0 Å². The van der Waals surface area contributed by atoms with Crippen molar-refractivity contribution in [2.45, 2.75) is 52.5 Å². The third-order valence-electron chi connectivity index (χ3n) is 4.83. The van der Waals surface area contributed by atoms with Gasteiger partial charge in [-0.3, -0.25) is 9.36 Å². The Kier molecular flexibility index (Phi) is 4.88. The van der Waals surface area contributed by atoms with E-state index in [9.17, 15) is 4.79 Å². The lowest BCUT2D eigenvalue weighted by atomic mass is 9.92. The second-order valence-corrected chi connectivity index (χ2v) is 7.96. The predicted octanol–water partition coefficient (Wildman–Crippen LogP) is 2.56. The number of hydrogen-bond donors (Lipinski definition) is 0. The van der Waals surface area contributed by atoms with E-state index in [1.54, 1.807) is 23.3 Å². The second kappa shape index (κ2) is 6.94. The van der Waals surface area contributed by atoms with E-state index in [1.807, 2.05) is 13.0 Å². The summed E-state index contributed by atoms with van der Waals surface area (Å²) in [6.45, 7) is 10.9. The van der Waals surface area contributed by atoms with Crippen molar-refractivity contribution in [2.75, 3.05) is 18.0 Å². The highest BCUT2D eigenvalue weighted by atomic mass is 16.1. The van der Waals surface area contributed by atoms with E-state index in [4.69, 9.17) is 0 Å². The fourth-order valence-electron chi connectivity index (χ4n) is 3.21. The van der Waals surface area contributed by atoms with Gasteiger partial charge in [-0.05, 0) is 25.7 Å². The van der Waals surface area contributed by atoms with Gasteiger partial charge in [0.05, 0.1) is 12.0 Å². The van der Waals surface area contributed by atoms with Gasteiger partial charge in [-0.15, -0.1) is 0 Å². The summed E-state index contributed by atoms with van der Waals surface area (Å²) in [6.07, 6.45) is 5.44. The Bertz CT molecular complexity index is 785. The van der Waals surface area contributed by atoms with Crippen LogP contribution in [0.4, 0.5) is 5.82 Å². The molecule has 25 heavy (non-hydrogen) atoms. The summed E-state index contributed by atoms with van der Waals surface area (Å²) in [5, 5.41) is 0. The molecule has 6 heteroatoms. The quantitative estimate of drug-likeness (QED) is 0.858. The minimum absolute atomic E-state index is 0.0498. The van der Waals surface area contributed by atoms with Gasteiger partial charge in [-0.2, -0.15) is 0 Å². The fourth-order valence-corrected chi connectivity index (χ4v) is 3.21. The minimum atomic E-state index is -0.0980. The SMILES string of the molecule is Cc1cc(N2CCC(Cn3cnc(C(C)(C)C)cc3=O)CC2)ncn1. The molecule has 0 aromatic carbocycles. The molecule has 3 heterocycles. The van der Waals surface area contributed by atoms with E-state index < -0.39 is 0 Å². The summed E-state index contributed by atoms with van der Waals surface area (Å²) in [4.78, 5) is 27.7. The van der Waals surface area contributed by atoms with E-state index in [1.165, 1.54) is 0 Å². The Morgan fingerprint density at radius 3 is 2.44 bits per heavy atom. The highest BCUT2D eigenvalue weighted by Crippen LogP contribution is 2.23. The third-order valence-corrected chi connectivity index (χ3v) is 4.83. The van der Waals surface area contributed by atoms with E-state index in [2.05, 4.69) is 40.6 Å². The summed E-state index contributed by atoms with van der Waals surface area (Å²) < 4.78 is 1.75. The molecule has 0 aliphatic carbocycles. The van der Waals surface area contributed by atoms with Crippen LogP contribution in [-0.4, -0.2) is 32.6 Å². The molecule has 2 aromatic heterocycles. The average Bonchev–Trinajstić information content (AvgIpc) is 2.56. The van der Waals surface area contributed by atoms with E-state index in [0.717, 1.165) is 49.7 Å². The lowest BCUT2D eigenvalue weighted by Crippen LogP contribution is -2.37. The predicted molar refractivity (Wildman–Crippen MR) is 98.9 cm³/mol. The van der Waals surface area contributed by atoms with Crippen molar-refractivity contribution in [3.63, 3.8) is 0 Å². The first-order valence-electron chi connectivity index (χ1n) is 8.93. The molecule has 6 nitrogen and oxygen atoms in total. The number of aryl methyl sites for hydroxylation is 1. The number of aromatic nitrogens is 4. The molecule has 1 aliphatic heterocycles. The molecule has 1 saturated heterocycles. The normalized spacial score (nSPS) is 16.2. The zero-order valence-corrected chi connectivity index (χ0v) is 15.6. The second-order valence-electron chi connectivity index (χ2n) is 7.96. The van der Waals surface area contributed by atoms with Crippen LogP contribution in [0.3, 0.4) is 0 Å². The fraction of sp³-hybridized carbons (Fsp3) is 0.579. The van der Waals surface area contributed by atoms with Gasteiger partial charge >= 0.3 is 0 Å². The number of rotatable bonds is 3. The van der Waals surface area contributed by atoms with Gasteiger partial charge < -0.3 is 4.90 Å². The summed E-state index contributed by atoms with van der Waals surface area (Å²) in [6, 6.07) is 3.71. The lowest BCUT2D eigenvalue weighted by Gasteiger charge is -2.33. The summed E-state index contributed by atoms with van der Waals surface area (Å²) in [5.74, 6) is 1.50. The topological polar surface area (TPSA) is 63.9 Å². The molecular formula is C19H27N5O. The highest BCUT2D eigenvalue weighted by Gasteiger charge is 2.22.